The number of rotatable bonds is 7. The van der Waals surface area contributed by atoms with Crippen LogP contribution in [0.15, 0.2) is 47.6 Å². The highest BCUT2D eigenvalue weighted by molar-refractivity contribution is 7.90. The Morgan fingerprint density at radius 1 is 1.06 bits per heavy atom. The molecule has 10 nitrogen and oxygen atoms in total. The maximum Gasteiger partial charge on any atom is 0.281 e. The van der Waals surface area contributed by atoms with E-state index in [-0.39, 0.29) is 21.2 Å². The summed E-state index contributed by atoms with van der Waals surface area (Å²) >= 11 is 6.24. The molecule has 1 amide bonds. The summed E-state index contributed by atoms with van der Waals surface area (Å²) in [4.78, 5) is 23.3. The summed E-state index contributed by atoms with van der Waals surface area (Å²) in [6.07, 6.45) is 4.86. The van der Waals surface area contributed by atoms with E-state index in [1.807, 2.05) is 9.62 Å². The number of hydrogen-bond donors (Lipinski definition) is 1. The lowest BCUT2D eigenvalue weighted by molar-refractivity contribution is 0.0981. The number of sulfonamides is 1. The summed E-state index contributed by atoms with van der Waals surface area (Å²) < 4.78 is 34.9. The van der Waals surface area contributed by atoms with Crippen LogP contribution in [-0.4, -0.2) is 53.8 Å². The molecule has 1 aliphatic rings. The minimum Gasteiger partial charge on any atom is -0.476 e. The predicted octanol–water partition coefficient (Wildman–Crippen LogP) is 3.85. The molecule has 12 heteroatoms. The molecule has 1 saturated heterocycles. The van der Waals surface area contributed by atoms with Crippen molar-refractivity contribution in [3.8, 4) is 11.7 Å². The van der Waals surface area contributed by atoms with Crippen molar-refractivity contribution in [3.63, 3.8) is 0 Å². The molecule has 1 fully saturated rings. The first kappa shape index (κ1) is 25.9. The van der Waals surface area contributed by atoms with Crippen LogP contribution in [0.2, 0.25) is 5.15 Å². The van der Waals surface area contributed by atoms with Crippen LogP contribution in [0.3, 0.4) is 0 Å². The van der Waals surface area contributed by atoms with Gasteiger partial charge in [0.1, 0.15) is 11.0 Å². The quantitative estimate of drug-likeness (QED) is 0.456. The van der Waals surface area contributed by atoms with Gasteiger partial charge in [0.15, 0.2) is 10.8 Å². The van der Waals surface area contributed by atoms with E-state index in [2.05, 4.69) is 35.8 Å². The monoisotopic (exact) mass is 532 g/mol. The van der Waals surface area contributed by atoms with E-state index in [0.29, 0.717) is 24.1 Å². The number of nitrogens with zero attached hydrogens (tertiary/aromatic N) is 5. The SMILES string of the molecule is CC(C)(C)COc1ccn(-c2ccc(C(=O)NS(=O)(=O)c3cccc(N4CCCCC4)n3)c(Cl)n2)n1. The maximum absolute atomic E-state index is 12.9. The second-order valence-electron chi connectivity index (χ2n) is 9.77. The molecule has 4 heterocycles. The first-order valence-corrected chi connectivity index (χ1v) is 13.5. The first-order valence-electron chi connectivity index (χ1n) is 11.7. The van der Waals surface area contributed by atoms with Gasteiger partial charge in [0.2, 0.25) is 5.88 Å². The van der Waals surface area contributed by atoms with Crippen LogP contribution in [0.5, 0.6) is 5.88 Å². The molecule has 3 aromatic heterocycles. The Kier molecular flexibility index (Phi) is 7.51. The van der Waals surface area contributed by atoms with Crippen molar-refractivity contribution in [2.24, 2.45) is 5.41 Å². The number of carbonyl (C=O) groups is 1. The van der Waals surface area contributed by atoms with Gasteiger partial charge in [0.05, 0.1) is 12.2 Å². The molecule has 0 aliphatic carbocycles. The van der Waals surface area contributed by atoms with Gasteiger partial charge in [-0.3, -0.25) is 4.79 Å². The molecule has 192 valence electrons. The fourth-order valence-corrected chi connectivity index (χ4v) is 4.77. The fraction of sp³-hybridized carbons (Fsp3) is 0.417. The molecule has 0 spiro atoms. The number of halogens is 1. The number of aromatic nitrogens is 4. The Balaban J connectivity index is 1.47. The van der Waals surface area contributed by atoms with Crippen LogP contribution in [0.4, 0.5) is 5.82 Å². The maximum atomic E-state index is 12.9. The zero-order valence-electron chi connectivity index (χ0n) is 20.4. The third-order valence-corrected chi connectivity index (χ3v) is 6.94. The lowest BCUT2D eigenvalue weighted by Gasteiger charge is -2.27. The fourth-order valence-electron chi connectivity index (χ4n) is 3.61. The van der Waals surface area contributed by atoms with E-state index in [4.69, 9.17) is 16.3 Å². The number of nitrogens with one attached hydrogen (secondary N) is 1. The number of ether oxygens (including phenoxy) is 1. The zero-order valence-corrected chi connectivity index (χ0v) is 22.0. The van der Waals surface area contributed by atoms with Gasteiger partial charge in [-0.15, -0.1) is 5.10 Å². The van der Waals surface area contributed by atoms with Crippen molar-refractivity contribution in [1.29, 1.82) is 0 Å². The molecule has 1 aliphatic heterocycles. The van der Waals surface area contributed by atoms with Gasteiger partial charge in [0, 0.05) is 25.4 Å². The minimum atomic E-state index is -4.22. The van der Waals surface area contributed by atoms with E-state index in [0.717, 1.165) is 32.4 Å². The summed E-state index contributed by atoms with van der Waals surface area (Å²) in [5, 5.41) is 3.91. The molecule has 0 unspecified atom stereocenters. The van der Waals surface area contributed by atoms with E-state index in [1.54, 1.807) is 24.4 Å². The predicted molar refractivity (Wildman–Crippen MR) is 136 cm³/mol. The Morgan fingerprint density at radius 3 is 2.50 bits per heavy atom. The van der Waals surface area contributed by atoms with Crippen molar-refractivity contribution in [1.82, 2.24) is 24.5 Å². The molecule has 36 heavy (non-hydrogen) atoms. The van der Waals surface area contributed by atoms with Crippen molar-refractivity contribution in [3.05, 3.63) is 53.3 Å². The molecule has 3 aromatic rings. The third kappa shape index (κ3) is 6.33. The van der Waals surface area contributed by atoms with Crippen molar-refractivity contribution >= 4 is 33.3 Å². The number of carbonyl (C=O) groups excluding carboxylic acids is 1. The van der Waals surface area contributed by atoms with Crippen molar-refractivity contribution in [2.75, 3.05) is 24.6 Å². The summed E-state index contributed by atoms with van der Waals surface area (Å²) in [5.41, 5.74) is -0.113. The number of amides is 1. The first-order chi connectivity index (χ1) is 17.0. The van der Waals surface area contributed by atoms with Crippen LogP contribution < -0.4 is 14.4 Å². The average Bonchev–Trinajstić information content (AvgIpc) is 3.32. The number of hydrogen-bond acceptors (Lipinski definition) is 8. The lowest BCUT2D eigenvalue weighted by Crippen LogP contribution is -2.33. The van der Waals surface area contributed by atoms with Gasteiger partial charge in [-0.2, -0.15) is 8.42 Å². The highest BCUT2D eigenvalue weighted by atomic mass is 35.5. The standard InChI is InChI=1S/C24H29ClN6O4S/c1-24(2,3)16-35-20-12-15-31(28-20)19-11-10-17(22(25)27-19)23(32)29-36(33,34)21-9-7-8-18(26-21)30-13-5-4-6-14-30/h7-12,15H,4-6,13-14,16H2,1-3H3,(H,29,32). The van der Waals surface area contributed by atoms with E-state index in [9.17, 15) is 13.2 Å². The van der Waals surface area contributed by atoms with Crippen LogP contribution in [0.25, 0.3) is 5.82 Å². The molecule has 0 atom stereocenters. The summed E-state index contributed by atoms with van der Waals surface area (Å²) in [5.74, 6) is 0.439. The molecular weight excluding hydrogens is 504 g/mol. The largest absolute Gasteiger partial charge is 0.476 e. The Bertz CT molecular complexity index is 1350. The smallest absolute Gasteiger partial charge is 0.281 e. The lowest BCUT2D eigenvalue weighted by atomic mass is 9.99. The Hall–Kier alpha value is -3.18. The molecule has 1 N–H and O–H groups in total. The van der Waals surface area contributed by atoms with Gasteiger partial charge in [-0.05, 0) is 48.9 Å². The van der Waals surface area contributed by atoms with E-state index in [1.165, 1.54) is 22.9 Å². The third-order valence-electron chi connectivity index (χ3n) is 5.42. The summed E-state index contributed by atoms with van der Waals surface area (Å²) in [7, 11) is -4.22. The second-order valence-corrected chi connectivity index (χ2v) is 11.8. The van der Waals surface area contributed by atoms with Crippen LogP contribution >= 0.6 is 11.6 Å². The highest BCUT2D eigenvalue weighted by Crippen LogP contribution is 2.22. The van der Waals surface area contributed by atoms with Crippen LogP contribution in [0, 0.1) is 5.41 Å². The average molecular weight is 533 g/mol. The number of anilines is 1. The number of pyridine rings is 2. The van der Waals surface area contributed by atoms with Crippen LogP contribution in [0.1, 0.15) is 50.4 Å². The molecule has 0 radical (unpaired) electrons. The summed E-state index contributed by atoms with van der Waals surface area (Å²) in [6, 6.07) is 9.33. The van der Waals surface area contributed by atoms with Gasteiger partial charge in [0.25, 0.3) is 15.9 Å². The minimum absolute atomic E-state index is 0.0227. The summed E-state index contributed by atoms with van der Waals surface area (Å²) in [6.45, 7) is 8.28. The normalized spacial score (nSPS) is 14.5. The molecular formula is C24H29ClN6O4S. The highest BCUT2D eigenvalue weighted by Gasteiger charge is 2.24. The van der Waals surface area contributed by atoms with Gasteiger partial charge >= 0.3 is 0 Å². The molecule has 0 saturated carbocycles. The van der Waals surface area contributed by atoms with Crippen molar-refractivity contribution < 1.29 is 17.9 Å². The Morgan fingerprint density at radius 2 is 1.81 bits per heavy atom. The van der Waals surface area contributed by atoms with Gasteiger partial charge in [-0.25, -0.2) is 19.4 Å². The van der Waals surface area contributed by atoms with Gasteiger partial charge in [-0.1, -0.05) is 38.4 Å². The molecule has 4 rings (SSSR count). The van der Waals surface area contributed by atoms with E-state index >= 15 is 0 Å². The van der Waals surface area contributed by atoms with Crippen molar-refractivity contribution in [2.45, 2.75) is 45.1 Å². The van der Waals surface area contributed by atoms with Crippen LogP contribution in [-0.2, 0) is 10.0 Å². The zero-order chi connectivity index (χ0) is 25.9. The molecule has 0 bridgehead atoms. The Labute approximate surface area is 215 Å². The molecule has 0 aromatic carbocycles. The number of piperidine rings is 1. The topological polar surface area (TPSA) is 119 Å². The van der Waals surface area contributed by atoms with E-state index < -0.39 is 15.9 Å². The second kappa shape index (κ2) is 10.4. The van der Waals surface area contributed by atoms with Gasteiger partial charge < -0.3 is 9.64 Å².